The molecule has 15 heavy (non-hydrogen) atoms. The highest BCUT2D eigenvalue weighted by Crippen LogP contribution is 2.22. The predicted octanol–water partition coefficient (Wildman–Crippen LogP) is 0.0888. The van der Waals surface area contributed by atoms with Crippen molar-refractivity contribution in [3.63, 3.8) is 0 Å². The number of nitrogens with zero attached hydrogens (tertiary/aromatic N) is 1. The second-order valence-electron chi connectivity index (χ2n) is 3.14. The number of carbonyl (C=O) groups excluding carboxylic acids is 1. The topological polar surface area (TPSA) is 69.4 Å². The Hall–Kier alpha value is -1.95. The number of methoxy groups -OCH3 is 1. The van der Waals surface area contributed by atoms with E-state index in [1.807, 2.05) is 7.05 Å². The molecule has 0 aromatic carbocycles. The molecule has 0 spiro atoms. The summed E-state index contributed by atoms with van der Waals surface area (Å²) in [6.07, 6.45) is 2.52. The van der Waals surface area contributed by atoms with Crippen LogP contribution in [0.15, 0.2) is 12.3 Å². The second kappa shape index (κ2) is 3.66. The number of nitrogens with one attached hydrogen (secondary N) is 3. The monoisotopic (exact) mass is 208 g/mol. The van der Waals surface area contributed by atoms with Gasteiger partial charge in [0.2, 0.25) is 0 Å². The van der Waals surface area contributed by atoms with E-state index in [1.165, 1.54) is 7.11 Å². The van der Waals surface area contributed by atoms with Gasteiger partial charge in [0.05, 0.1) is 18.5 Å². The lowest BCUT2D eigenvalue weighted by molar-refractivity contribution is 0.111. The smallest absolute Gasteiger partial charge is 0.170 e. The highest BCUT2D eigenvalue weighted by molar-refractivity contribution is 5.79. The zero-order chi connectivity index (χ0) is 10.8. The number of hydrogen-bond acceptors (Lipinski definition) is 5. The van der Waals surface area contributed by atoms with Crippen LogP contribution in [-0.4, -0.2) is 30.5 Å². The summed E-state index contributed by atoms with van der Waals surface area (Å²) < 4.78 is 5.05. The summed E-state index contributed by atoms with van der Waals surface area (Å²) in [5.41, 5.74) is 8.07. The third-order valence-corrected chi connectivity index (χ3v) is 2.13. The molecule has 0 bridgehead atoms. The molecule has 6 heteroatoms. The van der Waals surface area contributed by atoms with Crippen molar-refractivity contribution in [1.82, 2.24) is 21.0 Å². The summed E-state index contributed by atoms with van der Waals surface area (Å²) in [6.45, 7) is 0. The molecule has 1 aromatic heterocycles. The van der Waals surface area contributed by atoms with Crippen LogP contribution in [0, 0.1) is 0 Å². The Kier molecular flexibility index (Phi) is 2.34. The van der Waals surface area contributed by atoms with Crippen LogP contribution < -0.4 is 15.6 Å². The first kappa shape index (κ1) is 9.60. The van der Waals surface area contributed by atoms with E-state index in [0.717, 1.165) is 17.7 Å². The van der Waals surface area contributed by atoms with E-state index in [-0.39, 0.29) is 0 Å². The van der Waals surface area contributed by atoms with Crippen molar-refractivity contribution in [2.75, 3.05) is 14.2 Å². The molecule has 0 atom stereocenters. The van der Waals surface area contributed by atoms with Crippen LogP contribution in [0.25, 0.3) is 5.70 Å². The molecular weight excluding hydrogens is 196 g/mol. The van der Waals surface area contributed by atoms with Crippen molar-refractivity contribution in [1.29, 1.82) is 0 Å². The first-order chi connectivity index (χ1) is 7.24. The van der Waals surface area contributed by atoms with Crippen molar-refractivity contribution in [3.05, 3.63) is 23.7 Å². The lowest BCUT2D eigenvalue weighted by Crippen LogP contribution is -2.34. The van der Waals surface area contributed by atoms with Crippen molar-refractivity contribution >= 4 is 12.0 Å². The Balaban J connectivity index is 2.29. The lowest BCUT2D eigenvalue weighted by atomic mass is 10.3. The molecule has 0 radical (unpaired) electrons. The van der Waals surface area contributed by atoms with Crippen LogP contribution in [0.1, 0.15) is 16.2 Å². The highest BCUT2D eigenvalue weighted by atomic mass is 16.5. The minimum absolute atomic E-state index is 0.435. The number of hydrogen-bond donors (Lipinski definition) is 3. The number of aromatic amines is 1. The first-order valence-corrected chi connectivity index (χ1v) is 4.44. The second-order valence-corrected chi connectivity index (χ2v) is 3.14. The molecule has 0 unspecified atom stereocenters. The fraction of sp³-hybridized carbons (Fsp3) is 0.222. The molecule has 2 rings (SSSR count). The lowest BCUT2D eigenvalue weighted by Gasteiger charge is -2.09. The van der Waals surface area contributed by atoms with Gasteiger partial charge in [-0.1, -0.05) is 0 Å². The molecule has 6 nitrogen and oxygen atoms in total. The largest absolute Gasteiger partial charge is 0.494 e. The Bertz CT molecular complexity index is 410. The summed E-state index contributed by atoms with van der Waals surface area (Å²) in [6, 6.07) is 1.77. The van der Waals surface area contributed by atoms with Crippen molar-refractivity contribution in [2.45, 2.75) is 0 Å². The van der Waals surface area contributed by atoms with E-state index in [4.69, 9.17) is 4.74 Å². The van der Waals surface area contributed by atoms with Crippen LogP contribution in [-0.2, 0) is 0 Å². The number of carbonyl (C=O) groups is 1. The third kappa shape index (κ3) is 1.66. The molecule has 0 saturated heterocycles. The summed E-state index contributed by atoms with van der Waals surface area (Å²) >= 11 is 0. The SMILES string of the molecule is COc1cc(C2=CNN(C)N2)[nH]c1C=O. The molecule has 3 N–H and O–H groups in total. The molecule has 1 aliphatic heterocycles. The van der Waals surface area contributed by atoms with Crippen molar-refractivity contribution < 1.29 is 9.53 Å². The summed E-state index contributed by atoms with van der Waals surface area (Å²) in [7, 11) is 3.37. The minimum Gasteiger partial charge on any atom is -0.494 e. The van der Waals surface area contributed by atoms with E-state index in [2.05, 4.69) is 15.8 Å². The van der Waals surface area contributed by atoms with Crippen LogP contribution in [0.3, 0.4) is 0 Å². The Morgan fingerprint density at radius 3 is 2.80 bits per heavy atom. The van der Waals surface area contributed by atoms with Crippen LogP contribution >= 0.6 is 0 Å². The van der Waals surface area contributed by atoms with Gasteiger partial charge in [-0.3, -0.25) is 10.2 Å². The molecule has 1 aliphatic rings. The number of H-pyrrole nitrogens is 1. The highest BCUT2D eigenvalue weighted by Gasteiger charge is 2.15. The zero-order valence-electron chi connectivity index (χ0n) is 8.50. The maximum absolute atomic E-state index is 10.7. The van der Waals surface area contributed by atoms with Crippen molar-refractivity contribution in [2.24, 2.45) is 0 Å². The van der Waals surface area contributed by atoms with Gasteiger partial charge in [-0.15, -0.1) is 5.12 Å². The number of aldehydes is 1. The molecule has 1 aromatic rings. The van der Waals surface area contributed by atoms with Gasteiger partial charge in [-0.2, -0.15) is 0 Å². The summed E-state index contributed by atoms with van der Waals surface area (Å²) in [4.78, 5) is 13.7. The third-order valence-electron chi connectivity index (χ3n) is 2.13. The Morgan fingerprint density at radius 2 is 2.33 bits per heavy atom. The van der Waals surface area contributed by atoms with E-state index in [0.29, 0.717) is 11.4 Å². The standard InChI is InChI=1S/C9H12N4O2/c1-13-10-4-7(12-13)6-3-9(15-2)8(5-14)11-6/h3-5,10-12H,1-2H3. The zero-order valence-corrected chi connectivity index (χ0v) is 8.50. The average Bonchev–Trinajstić information content (AvgIpc) is 2.82. The fourth-order valence-electron chi connectivity index (χ4n) is 1.40. The molecule has 2 heterocycles. The molecular formula is C9H12N4O2. The Labute approximate surface area is 86.8 Å². The quantitative estimate of drug-likeness (QED) is 0.614. The van der Waals surface area contributed by atoms with Gasteiger partial charge in [0.1, 0.15) is 11.4 Å². The molecule has 0 saturated carbocycles. The Morgan fingerprint density at radius 1 is 1.53 bits per heavy atom. The molecule has 0 aliphatic carbocycles. The van der Waals surface area contributed by atoms with Crippen LogP contribution in [0.5, 0.6) is 5.75 Å². The van der Waals surface area contributed by atoms with E-state index in [9.17, 15) is 4.79 Å². The number of aromatic nitrogens is 1. The van der Waals surface area contributed by atoms with Crippen molar-refractivity contribution in [3.8, 4) is 5.75 Å². The molecule has 0 amide bonds. The minimum atomic E-state index is 0.435. The normalized spacial score (nSPS) is 15.5. The van der Waals surface area contributed by atoms with Gasteiger partial charge in [-0.05, 0) is 0 Å². The number of ether oxygens (including phenoxy) is 1. The van der Waals surface area contributed by atoms with Gasteiger partial charge in [0.25, 0.3) is 0 Å². The van der Waals surface area contributed by atoms with Crippen LogP contribution in [0.2, 0.25) is 0 Å². The number of hydrazine groups is 2. The predicted molar refractivity (Wildman–Crippen MR) is 54.7 cm³/mol. The number of rotatable bonds is 3. The van der Waals surface area contributed by atoms with Gasteiger partial charge in [-0.25, -0.2) is 0 Å². The fourth-order valence-corrected chi connectivity index (χ4v) is 1.40. The van der Waals surface area contributed by atoms with E-state index in [1.54, 1.807) is 17.4 Å². The van der Waals surface area contributed by atoms with E-state index < -0.39 is 0 Å². The summed E-state index contributed by atoms with van der Waals surface area (Å²) in [5.74, 6) is 0.539. The maximum Gasteiger partial charge on any atom is 0.170 e. The molecule has 80 valence electrons. The maximum atomic E-state index is 10.7. The summed E-state index contributed by atoms with van der Waals surface area (Å²) in [5, 5.41) is 1.70. The van der Waals surface area contributed by atoms with Gasteiger partial charge < -0.3 is 15.1 Å². The van der Waals surface area contributed by atoms with Gasteiger partial charge in [0.15, 0.2) is 6.29 Å². The van der Waals surface area contributed by atoms with Gasteiger partial charge in [0, 0.05) is 19.3 Å². The molecule has 0 fully saturated rings. The average molecular weight is 208 g/mol. The van der Waals surface area contributed by atoms with Gasteiger partial charge >= 0.3 is 0 Å². The van der Waals surface area contributed by atoms with Crippen LogP contribution in [0.4, 0.5) is 0 Å². The first-order valence-electron chi connectivity index (χ1n) is 4.44. The van der Waals surface area contributed by atoms with E-state index >= 15 is 0 Å².